The molecule has 3 N–H and O–H groups in total. The first-order valence-electron chi connectivity index (χ1n) is 11.5. The van der Waals surface area contributed by atoms with E-state index in [1.165, 1.54) is 103 Å². The summed E-state index contributed by atoms with van der Waals surface area (Å²) in [6, 6.07) is 0. The number of carbonyl (C=O) groups excluding carboxylic acids is 1. The quantitative estimate of drug-likeness (QED) is 0.238. The second-order valence-corrected chi connectivity index (χ2v) is 7.61. The minimum absolute atomic E-state index is 0.107. The van der Waals surface area contributed by atoms with Gasteiger partial charge in [-0.2, -0.15) is 0 Å². The summed E-state index contributed by atoms with van der Waals surface area (Å²) in [5.74, 6) is 0.107. The lowest BCUT2D eigenvalue weighted by Gasteiger charge is -2.04. The number of nitrogens with one attached hydrogen (secondary N) is 1. The van der Waals surface area contributed by atoms with Crippen molar-refractivity contribution in [3.63, 3.8) is 0 Å². The summed E-state index contributed by atoms with van der Waals surface area (Å²) in [6.07, 6.45) is 27.3. The van der Waals surface area contributed by atoms with Crippen LogP contribution in [-0.4, -0.2) is 12.5 Å². The number of hydrogen-bond acceptors (Lipinski definition) is 2. The average molecular weight is 367 g/mol. The van der Waals surface area contributed by atoms with Crippen LogP contribution in [0, 0.1) is 0 Å². The van der Waals surface area contributed by atoms with Crippen LogP contribution >= 0.6 is 0 Å². The van der Waals surface area contributed by atoms with E-state index in [1.807, 2.05) is 0 Å². The summed E-state index contributed by atoms with van der Waals surface area (Å²) in [5, 5.41) is 2.74. The lowest BCUT2D eigenvalue weighted by molar-refractivity contribution is -0.120. The van der Waals surface area contributed by atoms with Gasteiger partial charge in [0, 0.05) is 19.2 Å². The van der Waals surface area contributed by atoms with Crippen molar-refractivity contribution in [3.8, 4) is 0 Å². The molecule has 1 amide bonds. The molecule has 0 saturated carbocycles. The summed E-state index contributed by atoms with van der Waals surface area (Å²) in [5.41, 5.74) is 5.32. The Hall–Kier alpha value is -0.830. The summed E-state index contributed by atoms with van der Waals surface area (Å²) in [7, 11) is 0. The standard InChI is InChI=1S/C23H46N2O/c1-2-3-4-5-6-7-8-9-10-11-12-13-14-15-16-17-18-20-23(26)25-22-19-21-24/h19,22H,2-18,20-21,24H2,1H3,(H,25,26)/b22-19+. The smallest absolute Gasteiger partial charge is 0.223 e. The molecule has 0 heterocycles. The minimum atomic E-state index is 0.107. The number of carbonyl (C=O) groups is 1. The highest BCUT2D eigenvalue weighted by atomic mass is 16.1. The third-order valence-electron chi connectivity index (χ3n) is 5.01. The lowest BCUT2D eigenvalue weighted by atomic mass is 10.0. The molecule has 0 aromatic carbocycles. The van der Waals surface area contributed by atoms with Crippen LogP contribution in [0.2, 0.25) is 0 Å². The molecule has 0 radical (unpaired) electrons. The van der Waals surface area contributed by atoms with E-state index >= 15 is 0 Å². The van der Waals surface area contributed by atoms with Gasteiger partial charge < -0.3 is 11.1 Å². The van der Waals surface area contributed by atoms with Crippen molar-refractivity contribution in [2.75, 3.05) is 6.54 Å². The van der Waals surface area contributed by atoms with Crippen molar-refractivity contribution in [1.82, 2.24) is 5.32 Å². The molecule has 0 aliphatic rings. The molecule has 0 fully saturated rings. The molecule has 0 aliphatic heterocycles. The lowest BCUT2D eigenvalue weighted by Crippen LogP contribution is -2.16. The molecule has 154 valence electrons. The number of hydrogen-bond donors (Lipinski definition) is 2. The molecule has 0 aromatic rings. The van der Waals surface area contributed by atoms with Gasteiger partial charge in [-0.15, -0.1) is 0 Å². The van der Waals surface area contributed by atoms with Gasteiger partial charge in [0.25, 0.3) is 0 Å². The Bertz CT molecular complexity index is 315. The highest BCUT2D eigenvalue weighted by Gasteiger charge is 1.98. The number of rotatable bonds is 20. The molecule has 3 nitrogen and oxygen atoms in total. The van der Waals surface area contributed by atoms with E-state index in [-0.39, 0.29) is 5.91 Å². The van der Waals surface area contributed by atoms with E-state index in [9.17, 15) is 4.79 Å². The van der Waals surface area contributed by atoms with Crippen molar-refractivity contribution < 1.29 is 4.79 Å². The largest absolute Gasteiger partial charge is 0.333 e. The SMILES string of the molecule is CCCCCCCCCCCCCCCCCCCC(=O)N/C=C/CN. The van der Waals surface area contributed by atoms with E-state index in [2.05, 4.69) is 12.2 Å². The van der Waals surface area contributed by atoms with Gasteiger partial charge in [-0.1, -0.05) is 116 Å². The zero-order valence-electron chi connectivity index (χ0n) is 17.6. The molecule has 0 bridgehead atoms. The van der Waals surface area contributed by atoms with Gasteiger partial charge in [0.2, 0.25) is 5.91 Å². The van der Waals surface area contributed by atoms with Crippen molar-refractivity contribution in [2.45, 2.75) is 122 Å². The maximum absolute atomic E-state index is 11.5. The van der Waals surface area contributed by atoms with Crippen LogP contribution in [-0.2, 0) is 4.79 Å². The van der Waals surface area contributed by atoms with Crippen LogP contribution in [0.5, 0.6) is 0 Å². The number of unbranched alkanes of at least 4 members (excludes halogenated alkanes) is 16. The Morgan fingerprint density at radius 1 is 0.692 bits per heavy atom. The second kappa shape index (κ2) is 22.2. The van der Waals surface area contributed by atoms with Crippen molar-refractivity contribution >= 4 is 5.91 Å². The molecule has 0 aliphatic carbocycles. The van der Waals surface area contributed by atoms with Crippen molar-refractivity contribution in [3.05, 3.63) is 12.3 Å². The molecule has 0 spiro atoms. The monoisotopic (exact) mass is 366 g/mol. The molecule has 0 unspecified atom stereocenters. The highest BCUT2D eigenvalue weighted by Crippen LogP contribution is 2.14. The molecular weight excluding hydrogens is 320 g/mol. The summed E-state index contributed by atoms with van der Waals surface area (Å²) in [4.78, 5) is 11.5. The van der Waals surface area contributed by atoms with Crippen LogP contribution in [0.1, 0.15) is 122 Å². The maximum atomic E-state index is 11.5. The average Bonchev–Trinajstić information content (AvgIpc) is 2.64. The molecule has 26 heavy (non-hydrogen) atoms. The molecule has 3 heteroatoms. The van der Waals surface area contributed by atoms with E-state index in [0.29, 0.717) is 13.0 Å². The van der Waals surface area contributed by atoms with Gasteiger partial charge in [-0.05, 0) is 6.42 Å². The van der Waals surface area contributed by atoms with Gasteiger partial charge in [-0.3, -0.25) is 4.79 Å². The normalized spacial score (nSPS) is 11.3. The third kappa shape index (κ3) is 21.2. The van der Waals surface area contributed by atoms with E-state index in [0.717, 1.165) is 6.42 Å². The Balaban J connectivity index is 3.09. The molecule has 0 atom stereocenters. The molecular formula is C23H46N2O. The van der Waals surface area contributed by atoms with Crippen LogP contribution < -0.4 is 11.1 Å². The first-order valence-corrected chi connectivity index (χ1v) is 11.5. The van der Waals surface area contributed by atoms with Crippen molar-refractivity contribution in [2.24, 2.45) is 5.73 Å². The zero-order chi connectivity index (χ0) is 19.1. The summed E-state index contributed by atoms with van der Waals surface area (Å²) < 4.78 is 0. The predicted molar refractivity (Wildman–Crippen MR) is 115 cm³/mol. The first-order chi connectivity index (χ1) is 12.8. The molecule has 0 rings (SSSR count). The van der Waals surface area contributed by atoms with Crippen LogP contribution in [0.4, 0.5) is 0 Å². The Morgan fingerprint density at radius 3 is 1.46 bits per heavy atom. The fourth-order valence-corrected chi connectivity index (χ4v) is 3.30. The summed E-state index contributed by atoms with van der Waals surface area (Å²) in [6.45, 7) is 2.75. The van der Waals surface area contributed by atoms with Gasteiger partial charge in [0.15, 0.2) is 0 Å². The predicted octanol–water partition coefficient (Wildman–Crippen LogP) is 6.62. The van der Waals surface area contributed by atoms with Crippen molar-refractivity contribution in [1.29, 1.82) is 0 Å². The molecule has 0 saturated heterocycles. The zero-order valence-corrected chi connectivity index (χ0v) is 17.6. The van der Waals surface area contributed by atoms with Crippen LogP contribution in [0.15, 0.2) is 12.3 Å². The molecule has 0 aromatic heterocycles. The third-order valence-corrected chi connectivity index (χ3v) is 5.01. The topological polar surface area (TPSA) is 55.1 Å². The van der Waals surface area contributed by atoms with Gasteiger partial charge in [0.1, 0.15) is 0 Å². The maximum Gasteiger partial charge on any atom is 0.223 e. The van der Waals surface area contributed by atoms with E-state index in [1.54, 1.807) is 12.3 Å². The minimum Gasteiger partial charge on any atom is -0.333 e. The highest BCUT2D eigenvalue weighted by molar-refractivity contribution is 5.76. The Morgan fingerprint density at radius 2 is 1.08 bits per heavy atom. The fraction of sp³-hybridized carbons (Fsp3) is 0.870. The number of amides is 1. The Labute approximate surface area is 163 Å². The Kier molecular flexibility index (Phi) is 21.5. The van der Waals surface area contributed by atoms with Gasteiger partial charge >= 0.3 is 0 Å². The summed E-state index contributed by atoms with van der Waals surface area (Å²) >= 11 is 0. The van der Waals surface area contributed by atoms with Gasteiger partial charge in [0.05, 0.1) is 0 Å². The van der Waals surface area contributed by atoms with Crippen LogP contribution in [0.3, 0.4) is 0 Å². The fourth-order valence-electron chi connectivity index (χ4n) is 3.30. The van der Waals surface area contributed by atoms with E-state index in [4.69, 9.17) is 5.73 Å². The van der Waals surface area contributed by atoms with Gasteiger partial charge in [-0.25, -0.2) is 0 Å². The number of nitrogens with two attached hydrogens (primary N) is 1. The first kappa shape index (κ1) is 25.2. The van der Waals surface area contributed by atoms with Crippen LogP contribution in [0.25, 0.3) is 0 Å². The second-order valence-electron chi connectivity index (χ2n) is 7.61. The van der Waals surface area contributed by atoms with E-state index < -0.39 is 0 Å².